The van der Waals surface area contributed by atoms with Crippen LogP contribution in [0, 0.1) is 0 Å². The maximum Gasteiger partial charge on any atom is 0.170 e. The second-order valence-electron chi connectivity index (χ2n) is 4.50. The molecule has 6 heteroatoms. The first-order valence-electron chi connectivity index (χ1n) is 6.58. The summed E-state index contributed by atoms with van der Waals surface area (Å²) < 4.78 is 0. The van der Waals surface area contributed by atoms with E-state index in [1.807, 2.05) is 30.3 Å². The van der Waals surface area contributed by atoms with E-state index in [9.17, 15) is 0 Å². The number of thiocarbonyl (C=S) groups is 1. The number of hydrogen-bond acceptors (Lipinski definition) is 4. The largest absolute Gasteiger partial charge is 0.395 e. The molecule has 106 valence electrons. The van der Waals surface area contributed by atoms with E-state index in [2.05, 4.69) is 20.6 Å². The number of benzene rings is 1. The molecule has 1 aromatic carbocycles. The topological polar surface area (TPSA) is 70.1 Å². The molecule has 0 fully saturated rings. The van der Waals surface area contributed by atoms with Gasteiger partial charge in [0.25, 0.3) is 0 Å². The zero-order valence-electron chi connectivity index (χ0n) is 11.2. The summed E-state index contributed by atoms with van der Waals surface area (Å²) >= 11 is 5.21. The minimum Gasteiger partial charge on any atom is -0.395 e. The lowest BCUT2D eigenvalue weighted by atomic mass is 10.1. The van der Waals surface area contributed by atoms with Crippen LogP contribution in [0.5, 0.6) is 0 Å². The molecule has 0 aliphatic rings. The van der Waals surface area contributed by atoms with Gasteiger partial charge in [0.15, 0.2) is 5.11 Å². The second kappa shape index (κ2) is 5.99. The molecule has 0 atom stereocenters. The summed E-state index contributed by atoms with van der Waals surface area (Å²) in [4.78, 5) is 8.83. The van der Waals surface area contributed by atoms with E-state index in [1.165, 1.54) is 0 Å². The van der Waals surface area contributed by atoms with Crippen LogP contribution >= 0.6 is 12.2 Å². The minimum absolute atomic E-state index is 0.0279. The highest BCUT2D eigenvalue weighted by molar-refractivity contribution is 7.80. The van der Waals surface area contributed by atoms with Gasteiger partial charge >= 0.3 is 0 Å². The van der Waals surface area contributed by atoms with Gasteiger partial charge in [0.1, 0.15) is 0 Å². The van der Waals surface area contributed by atoms with Crippen molar-refractivity contribution in [2.45, 2.75) is 0 Å². The summed E-state index contributed by atoms with van der Waals surface area (Å²) in [6, 6.07) is 9.79. The summed E-state index contributed by atoms with van der Waals surface area (Å²) in [5.74, 6) is 0. The average Bonchev–Trinajstić information content (AvgIpc) is 2.53. The molecule has 2 heterocycles. The molecular formula is C15H14N4OS. The normalized spacial score (nSPS) is 10.7. The molecule has 5 nitrogen and oxygen atoms in total. The van der Waals surface area contributed by atoms with E-state index in [4.69, 9.17) is 17.3 Å². The van der Waals surface area contributed by atoms with Gasteiger partial charge in [0.2, 0.25) is 0 Å². The summed E-state index contributed by atoms with van der Waals surface area (Å²) in [6.45, 7) is 0.434. The molecule has 0 aliphatic heterocycles. The predicted octanol–water partition coefficient (Wildman–Crippen LogP) is 2.06. The van der Waals surface area contributed by atoms with Gasteiger partial charge in [-0.15, -0.1) is 0 Å². The highest BCUT2D eigenvalue weighted by Crippen LogP contribution is 2.29. The van der Waals surface area contributed by atoms with Crippen LogP contribution < -0.4 is 10.6 Å². The van der Waals surface area contributed by atoms with Crippen molar-refractivity contribution in [1.82, 2.24) is 15.3 Å². The van der Waals surface area contributed by atoms with Gasteiger partial charge in [-0.3, -0.25) is 9.97 Å². The van der Waals surface area contributed by atoms with Crippen LogP contribution in [0.1, 0.15) is 0 Å². The van der Waals surface area contributed by atoms with Crippen LogP contribution in [0.2, 0.25) is 0 Å². The third-order valence-corrected chi connectivity index (χ3v) is 3.36. The summed E-state index contributed by atoms with van der Waals surface area (Å²) in [5.41, 5.74) is 2.52. The highest BCUT2D eigenvalue weighted by atomic mass is 32.1. The third kappa shape index (κ3) is 2.76. The molecule has 2 aromatic heterocycles. The molecule has 3 aromatic rings. The standard InChI is InChI=1S/C15H14N4OS/c20-8-7-18-15(21)19-13-9-12-10(3-1-5-16-12)11-4-2-6-17-14(11)13/h1-6,9,20H,7-8H2,(H2,18,19,21). The highest BCUT2D eigenvalue weighted by Gasteiger charge is 2.09. The van der Waals surface area contributed by atoms with E-state index < -0.39 is 0 Å². The average molecular weight is 298 g/mol. The molecule has 0 unspecified atom stereocenters. The predicted molar refractivity (Wildman–Crippen MR) is 88.4 cm³/mol. The number of aliphatic hydroxyl groups excluding tert-OH is 1. The van der Waals surface area contributed by atoms with E-state index in [-0.39, 0.29) is 6.61 Å². The van der Waals surface area contributed by atoms with Crippen LogP contribution in [-0.2, 0) is 0 Å². The van der Waals surface area contributed by atoms with Crippen molar-refractivity contribution < 1.29 is 5.11 Å². The summed E-state index contributed by atoms with van der Waals surface area (Å²) in [7, 11) is 0. The fourth-order valence-corrected chi connectivity index (χ4v) is 2.45. The van der Waals surface area contributed by atoms with Crippen LogP contribution in [0.25, 0.3) is 21.8 Å². The number of aliphatic hydroxyl groups is 1. The van der Waals surface area contributed by atoms with Crippen molar-refractivity contribution in [2.24, 2.45) is 0 Å². The molecule has 0 saturated carbocycles. The van der Waals surface area contributed by atoms with Crippen LogP contribution in [0.4, 0.5) is 5.69 Å². The van der Waals surface area contributed by atoms with Gasteiger partial charge in [-0.1, -0.05) is 12.1 Å². The number of hydrogen-bond donors (Lipinski definition) is 3. The van der Waals surface area contributed by atoms with E-state index in [1.54, 1.807) is 12.4 Å². The molecule has 21 heavy (non-hydrogen) atoms. The molecule has 0 saturated heterocycles. The Labute approximate surface area is 127 Å². The Kier molecular flexibility index (Phi) is 3.89. The monoisotopic (exact) mass is 298 g/mol. The van der Waals surface area contributed by atoms with Crippen molar-refractivity contribution in [2.75, 3.05) is 18.5 Å². The second-order valence-corrected chi connectivity index (χ2v) is 4.91. The van der Waals surface area contributed by atoms with Crippen molar-refractivity contribution in [3.05, 3.63) is 42.7 Å². The molecule has 0 aliphatic carbocycles. The molecule has 0 radical (unpaired) electrons. The van der Waals surface area contributed by atoms with E-state index >= 15 is 0 Å². The number of rotatable bonds is 3. The Morgan fingerprint density at radius 1 is 1.14 bits per heavy atom. The third-order valence-electron chi connectivity index (χ3n) is 3.12. The zero-order chi connectivity index (χ0) is 14.7. The first-order valence-corrected chi connectivity index (χ1v) is 6.98. The van der Waals surface area contributed by atoms with Gasteiger partial charge in [0.05, 0.1) is 23.3 Å². The van der Waals surface area contributed by atoms with E-state index in [0.29, 0.717) is 11.7 Å². The van der Waals surface area contributed by atoms with Gasteiger partial charge < -0.3 is 15.7 Å². The van der Waals surface area contributed by atoms with Crippen molar-refractivity contribution >= 4 is 44.8 Å². The van der Waals surface area contributed by atoms with Gasteiger partial charge in [-0.05, 0) is 30.4 Å². The number of fused-ring (bicyclic) bond motifs is 3. The first-order chi connectivity index (χ1) is 10.3. The number of pyridine rings is 2. The summed E-state index contributed by atoms with van der Waals surface area (Å²) in [5, 5.41) is 17.4. The number of nitrogens with zero attached hydrogens (tertiary/aromatic N) is 2. The molecule has 3 N–H and O–H groups in total. The Balaban J connectivity index is 2.10. The Morgan fingerprint density at radius 2 is 1.90 bits per heavy atom. The lowest BCUT2D eigenvalue weighted by Gasteiger charge is -2.12. The van der Waals surface area contributed by atoms with Crippen LogP contribution in [-0.4, -0.2) is 33.3 Å². The SMILES string of the molecule is OCCNC(=S)Nc1cc2ncccc2c2cccnc12. The molecule has 3 rings (SSSR count). The molecule has 0 bridgehead atoms. The molecule has 0 amide bonds. The van der Waals surface area contributed by atoms with Crippen molar-refractivity contribution in [1.29, 1.82) is 0 Å². The molecule has 0 spiro atoms. The lowest BCUT2D eigenvalue weighted by Crippen LogP contribution is -2.30. The Morgan fingerprint density at radius 3 is 2.71 bits per heavy atom. The van der Waals surface area contributed by atoms with E-state index in [0.717, 1.165) is 27.5 Å². The summed E-state index contributed by atoms with van der Waals surface area (Å²) in [6.07, 6.45) is 3.51. The Bertz CT molecular complexity index is 806. The smallest absolute Gasteiger partial charge is 0.170 e. The lowest BCUT2D eigenvalue weighted by molar-refractivity contribution is 0.301. The first kappa shape index (κ1) is 13.7. The quantitative estimate of drug-likeness (QED) is 0.508. The van der Waals surface area contributed by atoms with Crippen molar-refractivity contribution in [3.63, 3.8) is 0 Å². The van der Waals surface area contributed by atoms with Crippen LogP contribution in [0.15, 0.2) is 42.7 Å². The Hall–Kier alpha value is -2.31. The molecular weight excluding hydrogens is 284 g/mol. The fraction of sp³-hybridized carbons (Fsp3) is 0.133. The number of aromatic nitrogens is 2. The van der Waals surface area contributed by atoms with Gasteiger partial charge in [0, 0.05) is 29.7 Å². The van der Waals surface area contributed by atoms with Crippen molar-refractivity contribution in [3.8, 4) is 0 Å². The maximum atomic E-state index is 8.82. The fourth-order valence-electron chi connectivity index (χ4n) is 2.23. The number of nitrogens with one attached hydrogen (secondary N) is 2. The maximum absolute atomic E-state index is 8.82. The van der Waals surface area contributed by atoms with Gasteiger partial charge in [-0.2, -0.15) is 0 Å². The number of anilines is 1. The minimum atomic E-state index is 0.0279. The van der Waals surface area contributed by atoms with Crippen LogP contribution in [0.3, 0.4) is 0 Å². The zero-order valence-corrected chi connectivity index (χ0v) is 12.0. The van der Waals surface area contributed by atoms with Gasteiger partial charge in [-0.25, -0.2) is 0 Å².